The van der Waals surface area contributed by atoms with Gasteiger partial charge in [0.2, 0.25) is 5.91 Å². The fourth-order valence-corrected chi connectivity index (χ4v) is 3.80. The van der Waals surface area contributed by atoms with Crippen molar-refractivity contribution in [2.45, 2.75) is 33.2 Å². The molecular weight excluding hydrogens is 319 g/mol. The average molecular weight is 344 g/mol. The number of carbonyl (C=O) groups excluding carboxylic acids is 1. The highest BCUT2D eigenvalue weighted by Gasteiger charge is 2.31. The van der Waals surface area contributed by atoms with Crippen LogP contribution in [0.25, 0.3) is 0 Å². The largest absolute Gasteiger partial charge is 0.343 e. The Balaban J connectivity index is 2.03. The standard InChI is InChI=1S/C17H24Cl2N2O/c1-3-21(4-2)17(22)13-7-6-10-20(11-13)12-14-15(18)8-5-9-16(14)19/h5,8-9,13H,3-4,6-7,10-12H2,1-2H3/p+1/t13-/m1/s1. The molecule has 1 fully saturated rings. The minimum absolute atomic E-state index is 0.130. The predicted molar refractivity (Wildman–Crippen MR) is 91.5 cm³/mol. The number of quaternary nitrogens is 1. The van der Waals surface area contributed by atoms with E-state index in [1.165, 1.54) is 4.90 Å². The molecule has 1 N–H and O–H groups in total. The number of piperidine rings is 1. The van der Waals surface area contributed by atoms with Crippen LogP contribution in [-0.4, -0.2) is 37.0 Å². The number of nitrogens with one attached hydrogen (secondary N) is 1. The first-order valence-electron chi connectivity index (χ1n) is 8.12. The molecule has 0 spiro atoms. The van der Waals surface area contributed by atoms with Gasteiger partial charge < -0.3 is 9.80 Å². The summed E-state index contributed by atoms with van der Waals surface area (Å²) in [6.45, 7) is 8.40. The van der Waals surface area contributed by atoms with Crippen molar-refractivity contribution in [1.29, 1.82) is 0 Å². The molecule has 1 heterocycles. The molecule has 5 heteroatoms. The number of hydrogen-bond donors (Lipinski definition) is 1. The van der Waals surface area contributed by atoms with Gasteiger partial charge in [-0.1, -0.05) is 29.3 Å². The maximum Gasteiger partial charge on any atom is 0.231 e. The SMILES string of the molecule is CCN(CC)C(=O)[C@@H]1CCC[NH+](Cc2c(Cl)cccc2Cl)C1. The molecule has 1 amide bonds. The van der Waals surface area contributed by atoms with Crippen molar-refractivity contribution in [2.75, 3.05) is 26.2 Å². The Morgan fingerprint density at radius 3 is 2.50 bits per heavy atom. The van der Waals surface area contributed by atoms with Crippen LogP contribution in [0, 0.1) is 5.92 Å². The van der Waals surface area contributed by atoms with Gasteiger partial charge in [-0.3, -0.25) is 4.79 Å². The first-order valence-corrected chi connectivity index (χ1v) is 8.87. The lowest BCUT2D eigenvalue weighted by molar-refractivity contribution is -0.921. The van der Waals surface area contributed by atoms with Gasteiger partial charge in [0.05, 0.1) is 29.1 Å². The van der Waals surface area contributed by atoms with Gasteiger partial charge >= 0.3 is 0 Å². The highest BCUT2D eigenvalue weighted by Crippen LogP contribution is 2.23. The topological polar surface area (TPSA) is 24.8 Å². The van der Waals surface area contributed by atoms with E-state index < -0.39 is 0 Å². The molecule has 1 aromatic rings. The summed E-state index contributed by atoms with van der Waals surface area (Å²) in [7, 11) is 0. The maximum atomic E-state index is 12.6. The number of nitrogens with zero attached hydrogens (tertiary/aromatic N) is 1. The van der Waals surface area contributed by atoms with Crippen LogP contribution in [0.2, 0.25) is 10.0 Å². The summed E-state index contributed by atoms with van der Waals surface area (Å²) in [5.74, 6) is 0.428. The third kappa shape index (κ3) is 4.15. The van der Waals surface area contributed by atoms with Gasteiger partial charge in [-0.05, 0) is 38.8 Å². The summed E-state index contributed by atoms with van der Waals surface area (Å²) in [6, 6.07) is 5.63. The van der Waals surface area contributed by atoms with Crippen molar-refractivity contribution in [3.63, 3.8) is 0 Å². The second kappa shape index (κ2) is 8.19. The summed E-state index contributed by atoms with van der Waals surface area (Å²) in [5, 5.41) is 1.44. The minimum atomic E-state index is 0.130. The number of halogens is 2. The fraction of sp³-hybridized carbons (Fsp3) is 0.588. The van der Waals surface area contributed by atoms with E-state index in [1.54, 1.807) is 0 Å². The van der Waals surface area contributed by atoms with E-state index in [4.69, 9.17) is 23.2 Å². The molecule has 0 aromatic heterocycles. The molecule has 22 heavy (non-hydrogen) atoms. The number of amides is 1. The zero-order chi connectivity index (χ0) is 16.1. The number of benzene rings is 1. The molecule has 1 unspecified atom stereocenters. The first-order chi connectivity index (χ1) is 10.6. The van der Waals surface area contributed by atoms with Crippen molar-refractivity contribution in [2.24, 2.45) is 5.92 Å². The van der Waals surface area contributed by atoms with Crippen LogP contribution in [0.3, 0.4) is 0 Å². The van der Waals surface area contributed by atoms with Gasteiger partial charge in [0.1, 0.15) is 6.54 Å². The van der Waals surface area contributed by atoms with Gasteiger partial charge in [-0.15, -0.1) is 0 Å². The van der Waals surface area contributed by atoms with Crippen molar-refractivity contribution >= 4 is 29.1 Å². The molecular formula is C17H25Cl2N2O+. The van der Waals surface area contributed by atoms with Crippen LogP contribution in [0.1, 0.15) is 32.3 Å². The van der Waals surface area contributed by atoms with E-state index in [-0.39, 0.29) is 5.92 Å². The molecule has 2 atom stereocenters. The van der Waals surface area contributed by atoms with Gasteiger partial charge in [0.25, 0.3) is 0 Å². The zero-order valence-electron chi connectivity index (χ0n) is 13.4. The van der Waals surface area contributed by atoms with Crippen LogP contribution in [0.5, 0.6) is 0 Å². The Morgan fingerprint density at radius 2 is 1.91 bits per heavy atom. The Bertz CT molecular complexity index is 497. The van der Waals surface area contributed by atoms with E-state index in [0.717, 1.165) is 61.2 Å². The van der Waals surface area contributed by atoms with Crippen LogP contribution in [-0.2, 0) is 11.3 Å². The highest BCUT2D eigenvalue weighted by molar-refractivity contribution is 6.35. The molecule has 0 bridgehead atoms. The molecule has 122 valence electrons. The van der Waals surface area contributed by atoms with E-state index in [9.17, 15) is 4.79 Å². The molecule has 1 aromatic carbocycles. The minimum Gasteiger partial charge on any atom is -0.343 e. The Hall–Kier alpha value is -0.770. The highest BCUT2D eigenvalue weighted by atomic mass is 35.5. The first kappa shape index (κ1) is 17.6. The number of hydrogen-bond acceptors (Lipinski definition) is 1. The Kier molecular flexibility index (Phi) is 6.54. The number of likely N-dealkylation sites (tertiary alicyclic amines) is 1. The second-order valence-electron chi connectivity index (χ2n) is 5.93. The fourth-order valence-electron chi connectivity index (χ4n) is 3.27. The van der Waals surface area contributed by atoms with Crippen LogP contribution >= 0.6 is 23.2 Å². The predicted octanol–water partition coefficient (Wildman–Crippen LogP) is 2.66. The van der Waals surface area contributed by atoms with E-state index in [2.05, 4.69) is 0 Å². The van der Waals surface area contributed by atoms with E-state index in [1.807, 2.05) is 36.9 Å². The van der Waals surface area contributed by atoms with E-state index in [0.29, 0.717) is 5.91 Å². The van der Waals surface area contributed by atoms with E-state index >= 15 is 0 Å². The summed E-state index contributed by atoms with van der Waals surface area (Å²) in [6.07, 6.45) is 2.07. The van der Waals surface area contributed by atoms with Crippen LogP contribution in [0.4, 0.5) is 0 Å². The summed E-state index contributed by atoms with van der Waals surface area (Å²) in [4.78, 5) is 15.9. The van der Waals surface area contributed by atoms with Crippen molar-refractivity contribution in [3.05, 3.63) is 33.8 Å². The maximum absolute atomic E-state index is 12.6. The number of carbonyl (C=O) groups is 1. The van der Waals surface area contributed by atoms with Crippen molar-refractivity contribution in [1.82, 2.24) is 4.90 Å². The molecule has 0 aliphatic carbocycles. The lowest BCUT2D eigenvalue weighted by Crippen LogP contribution is -3.12. The van der Waals surface area contributed by atoms with Gasteiger partial charge in [0.15, 0.2) is 0 Å². The molecule has 1 saturated heterocycles. The van der Waals surface area contributed by atoms with Crippen molar-refractivity contribution in [3.8, 4) is 0 Å². The second-order valence-corrected chi connectivity index (χ2v) is 6.75. The zero-order valence-corrected chi connectivity index (χ0v) is 14.9. The van der Waals surface area contributed by atoms with Crippen molar-refractivity contribution < 1.29 is 9.69 Å². The third-order valence-electron chi connectivity index (χ3n) is 4.53. The van der Waals surface area contributed by atoms with Gasteiger partial charge in [-0.2, -0.15) is 0 Å². The monoisotopic (exact) mass is 343 g/mol. The molecule has 0 radical (unpaired) electrons. The summed E-state index contributed by atoms with van der Waals surface area (Å²) in [5.41, 5.74) is 0.997. The molecule has 1 aliphatic heterocycles. The summed E-state index contributed by atoms with van der Waals surface area (Å²) >= 11 is 12.5. The summed E-state index contributed by atoms with van der Waals surface area (Å²) < 4.78 is 0. The normalized spacial score (nSPS) is 21.6. The lowest BCUT2D eigenvalue weighted by atomic mass is 9.96. The lowest BCUT2D eigenvalue weighted by Gasteiger charge is -2.32. The molecule has 0 saturated carbocycles. The quantitative estimate of drug-likeness (QED) is 0.873. The molecule has 2 rings (SSSR count). The average Bonchev–Trinajstić information content (AvgIpc) is 2.52. The molecule has 3 nitrogen and oxygen atoms in total. The Morgan fingerprint density at radius 1 is 1.27 bits per heavy atom. The third-order valence-corrected chi connectivity index (χ3v) is 5.24. The smallest absolute Gasteiger partial charge is 0.231 e. The Labute approximate surface area is 143 Å². The number of rotatable bonds is 5. The van der Waals surface area contributed by atoms with Crippen LogP contribution in [0.15, 0.2) is 18.2 Å². The molecule has 1 aliphatic rings. The van der Waals surface area contributed by atoms with Crippen LogP contribution < -0.4 is 4.90 Å². The van der Waals surface area contributed by atoms with Gasteiger partial charge in [0, 0.05) is 18.7 Å². The van der Waals surface area contributed by atoms with Gasteiger partial charge in [-0.25, -0.2) is 0 Å².